The topological polar surface area (TPSA) is 40.1 Å². The van der Waals surface area contributed by atoms with E-state index in [1.54, 1.807) is 0 Å². The van der Waals surface area contributed by atoms with Gasteiger partial charge in [0, 0.05) is 5.02 Å². The lowest BCUT2D eigenvalue weighted by Gasteiger charge is -2.02. The van der Waals surface area contributed by atoms with Gasteiger partial charge in [0.25, 0.3) is 5.69 Å². The predicted molar refractivity (Wildman–Crippen MR) is 53.1 cm³/mol. The zero-order valence-electron chi connectivity index (χ0n) is 8.16. The predicted octanol–water partition coefficient (Wildman–Crippen LogP) is 3.25. The van der Waals surface area contributed by atoms with Crippen LogP contribution < -0.4 is 4.73 Å². The molecule has 0 saturated heterocycles. The minimum absolute atomic E-state index is 0.214. The zero-order valence-corrected chi connectivity index (χ0v) is 8.92. The van der Waals surface area contributed by atoms with E-state index in [0.29, 0.717) is 10.6 Å². The molecule has 7 heteroatoms. The quantitative estimate of drug-likeness (QED) is 0.585. The van der Waals surface area contributed by atoms with E-state index in [1.165, 1.54) is 24.3 Å². The van der Waals surface area contributed by atoms with Crippen LogP contribution in [0.25, 0.3) is 11.3 Å². The van der Waals surface area contributed by atoms with Gasteiger partial charge in [-0.05, 0) is 24.3 Å². The molecule has 0 bridgehead atoms. The Morgan fingerprint density at radius 3 is 2.24 bits per heavy atom. The third-order valence-corrected chi connectivity index (χ3v) is 2.32. The molecular formula is C10H5ClF3NO2. The second-order valence-corrected chi connectivity index (χ2v) is 3.66. The van der Waals surface area contributed by atoms with Crippen LogP contribution in [-0.4, -0.2) is 0 Å². The first kappa shape index (κ1) is 11.8. The Hall–Kier alpha value is -1.69. The zero-order chi connectivity index (χ0) is 12.6. The van der Waals surface area contributed by atoms with Gasteiger partial charge in [0.1, 0.15) is 0 Å². The second-order valence-electron chi connectivity index (χ2n) is 3.23. The molecule has 0 amide bonds. The molecule has 90 valence electrons. The second kappa shape index (κ2) is 3.96. The number of halogens is 4. The van der Waals surface area contributed by atoms with E-state index in [9.17, 15) is 18.4 Å². The van der Waals surface area contributed by atoms with E-state index in [0.717, 1.165) is 6.26 Å². The maximum Gasteiger partial charge on any atom is 0.519 e. The average molecular weight is 264 g/mol. The van der Waals surface area contributed by atoms with Gasteiger partial charge in [-0.25, -0.2) is 0 Å². The molecule has 2 rings (SSSR count). The molecule has 0 N–H and O–H groups in total. The summed E-state index contributed by atoms with van der Waals surface area (Å²) in [7, 11) is 0. The standard InChI is InChI=1S/C10H5ClF3NO2/c11-7-3-1-6(2-4-7)8-5-17-9(15(8)16)10(12,13)14/h1-5H. The van der Waals surface area contributed by atoms with E-state index < -0.39 is 12.1 Å². The molecule has 0 aliphatic rings. The molecular weight excluding hydrogens is 259 g/mol. The maximum atomic E-state index is 12.3. The third-order valence-electron chi connectivity index (χ3n) is 2.07. The fourth-order valence-corrected chi connectivity index (χ4v) is 1.43. The summed E-state index contributed by atoms with van der Waals surface area (Å²) in [5, 5.41) is 11.8. The van der Waals surface area contributed by atoms with E-state index in [2.05, 4.69) is 4.42 Å². The molecule has 0 radical (unpaired) electrons. The van der Waals surface area contributed by atoms with Gasteiger partial charge in [0.15, 0.2) is 6.26 Å². The molecule has 0 atom stereocenters. The number of oxazole rings is 1. The monoisotopic (exact) mass is 263 g/mol. The summed E-state index contributed by atoms with van der Waals surface area (Å²) < 4.78 is 40.9. The molecule has 0 aliphatic carbocycles. The van der Waals surface area contributed by atoms with Crippen molar-refractivity contribution in [2.45, 2.75) is 6.18 Å². The van der Waals surface area contributed by atoms with Crippen molar-refractivity contribution in [1.29, 1.82) is 0 Å². The highest BCUT2D eigenvalue weighted by Gasteiger charge is 2.46. The van der Waals surface area contributed by atoms with Gasteiger partial charge in [-0.15, -0.1) is 4.73 Å². The minimum Gasteiger partial charge on any atom is -0.615 e. The van der Waals surface area contributed by atoms with E-state index in [-0.39, 0.29) is 10.4 Å². The van der Waals surface area contributed by atoms with Gasteiger partial charge >= 0.3 is 12.1 Å². The molecule has 2 aromatic rings. The van der Waals surface area contributed by atoms with Crippen molar-refractivity contribution in [1.82, 2.24) is 0 Å². The lowest BCUT2D eigenvalue weighted by Crippen LogP contribution is -2.35. The Bertz CT molecular complexity index is 533. The van der Waals surface area contributed by atoms with E-state index >= 15 is 0 Å². The lowest BCUT2D eigenvalue weighted by molar-refractivity contribution is -0.624. The molecule has 0 aliphatic heterocycles. The van der Waals surface area contributed by atoms with Crippen LogP contribution in [0.2, 0.25) is 5.02 Å². The number of rotatable bonds is 1. The van der Waals surface area contributed by atoms with Crippen LogP contribution >= 0.6 is 11.6 Å². The first-order valence-electron chi connectivity index (χ1n) is 4.44. The van der Waals surface area contributed by atoms with Crippen molar-refractivity contribution in [3.05, 3.63) is 46.6 Å². The normalized spacial score (nSPS) is 11.8. The van der Waals surface area contributed by atoms with Crippen LogP contribution in [0, 0.1) is 5.21 Å². The Kier molecular flexibility index (Phi) is 2.74. The van der Waals surface area contributed by atoms with Crippen molar-refractivity contribution in [3.63, 3.8) is 0 Å². The maximum absolute atomic E-state index is 12.3. The molecule has 0 saturated carbocycles. The van der Waals surface area contributed by atoms with E-state index in [1.807, 2.05) is 0 Å². The highest BCUT2D eigenvalue weighted by Crippen LogP contribution is 2.29. The number of aromatic nitrogens is 1. The summed E-state index contributed by atoms with van der Waals surface area (Å²) >= 11 is 5.63. The summed E-state index contributed by atoms with van der Waals surface area (Å²) in [5.74, 6) is -1.59. The highest BCUT2D eigenvalue weighted by molar-refractivity contribution is 6.30. The number of alkyl halides is 3. The largest absolute Gasteiger partial charge is 0.615 e. The van der Waals surface area contributed by atoms with Gasteiger partial charge in [-0.3, -0.25) is 0 Å². The molecule has 0 fully saturated rings. The van der Waals surface area contributed by atoms with E-state index in [4.69, 9.17) is 11.6 Å². The van der Waals surface area contributed by atoms with Crippen molar-refractivity contribution >= 4 is 11.6 Å². The van der Waals surface area contributed by atoms with Crippen molar-refractivity contribution in [2.24, 2.45) is 0 Å². The fraction of sp³-hybridized carbons (Fsp3) is 0.100. The molecule has 0 unspecified atom stereocenters. The Balaban J connectivity index is 2.48. The fourth-order valence-electron chi connectivity index (χ4n) is 1.30. The third kappa shape index (κ3) is 2.21. The van der Waals surface area contributed by atoms with Gasteiger partial charge in [0.05, 0.1) is 5.56 Å². The van der Waals surface area contributed by atoms with Gasteiger partial charge in [-0.2, -0.15) is 13.2 Å². The Morgan fingerprint density at radius 2 is 1.76 bits per heavy atom. The Labute approximate surface area is 98.6 Å². The van der Waals surface area contributed by atoms with Gasteiger partial charge in [0.2, 0.25) is 0 Å². The molecule has 1 heterocycles. The Morgan fingerprint density at radius 1 is 1.18 bits per heavy atom. The average Bonchev–Trinajstić information content (AvgIpc) is 2.61. The van der Waals surface area contributed by atoms with Crippen LogP contribution in [0.4, 0.5) is 13.2 Å². The van der Waals surface area contributed by atoms with Crippen LogP contribution in [0.3, 0.4) is 0 Å². The van der Waals surface area contributed by atoms with Crippen molar-refractivity contribution in [2.75, 3.05) is 0 Å². The molecule has 1 aromatic heterocycles. The highest BCUT2D eigenvalue weighted by atomic mass is 35.5. The van der Waals surface area contributed by atoms with Crippen LogP contribution in [0.15, 0.2) is 34.9 Å². The smallest absolute Gasteiger partial charge is 0.519 e. The summed E-state index contributed by atoms with van der Waals surface area (Å²) in [5.41, 5.74) is 0.0811. The number of hydrogen-bond donors (Lipinski definition) is 0. The molecule has 0 spiro atoms. The van der Waals surface area contributed by atoms with Gasteiger partial charge in [-0.1, -0.05) is 11.6 Å². The van der Waals surface area contributed by atoms with Crippen molar-refractivity contribution < 1.29 is 22.3 Å². The van der Waals surface area contributed by atoms with Crippen LogP contribution in [0.1, 0.15) is 5.89 Å². The molecule has 1 aromatic carbocycles. The molecule has 3 nitrogen and oxygen atoms in total. The first-order valence-corrected chi connectivity index (χ1v) is 4.81. The summed E-state index contributed by atoms with van der Waals surface area (Å²) in [6, 6.07) is 5.80. The van der Waals surface area contributed by atoms with Crippen LogP contribution in [-0.2, 0) is 6.18 Å². The first-order chi connectivity index (χ1) is 7.89. The van der Waals surface area contributed by atoms with Crippen LogP contribution in [0.5, 0.6) is 0 Å². The summed E-state index contributed by atoms with van der Waals surface area (Å²) in [6.45, 7) is 0. The number of benzene rings is 1. The number of nitrogens with zero attached hydrogens (tertiary/aromatic N) is 1. The van der Waals surface area contributed by atoms with Crippen molar-refractivity contribution in [3.8, 4) is 11.3 Å². The van der Waals surface area contributed by atoms with Gasteiger partial charge < -0.3 is 9.62 Å². The number of hydrogen-bond acceptors (Lipinski definition) is 2. The summed E-state index contributed by atoms with van der Waals surface area (Å²) in [4.78, 5) is 0. The minimum atomic E-state index is -4.81. The SMILES string of the molecule is [O-][n+]1c(-c2ccc(Cl)cc2)coc1C(F)(F)F. The summed E-state index contributed by atoms with van der Waals surface area (Å²) in [6.07, 6.45) is -4.05. The molecule has 17 heavy (non-hydrogen) atoms. The lowest BCUT2D eigenvalue weighted by atomic mass is 10.2.